The fourth-order valence-corrected chi connectivity index (χ4v) is 3.47. The smallest absolute Gasteiger partial charge is 0.244 e. The van der Waals surface area contributed by atoms with Crippen molar-refractivity contribution >= 4 is 29.1 Å². The van der Waals surface area contributed by atoms with Gasteiger partial charge in [-0.3, -0.25) is 14.5 Å². The lowest BCUT2D eigenvalue weighted by Crippen LogP contribution is -2.46. The van der Waals surface area contributed by atoms with E-state index in [-0.39, 0.29) is 18.4 Å². The van der Waals surface area contributed by atoms with Crippen LogP contribution in [-0.2, 0) is 9.59 Å². The summed E-state index contributed by atoms with van der Waals surface area (Å²) in [7, 11) is 1.66. The highest BCUT2D eigenvalue weighted by Crippen LogP contribution is 2.21. The fraction of sp³-hybridized carbons (Fsp3) is 0.556. The largest absolute Gasteiger partial charge is 0.335 e. The van der Waals surface area contributed by atoms with Gasteiger partial charge in [-0.05, 0) is 30.4 Å². The normalized spacial score (nSPS) is 21.3. The molecule has 1 N–H and O–H groups in total. The summed E-state index contributed by atoms with van der Waals surface area (Å²) in [4.78, 5) is 28.1. The summed E-state index contributed by atoms with van der Waals surface area (Å²) in [6, 6.07) is 7.05. The van der Waals surface area contributed by atoms with E-state index in [9.17, 15) is 9.59 Å². The molecule has 1 aliphatic heterocycles. The summed E-state index contributed by atoms with van der Waals surface area (Å²) >= 11 is 6.02. The maximum absolute atomic E-state index is 12.4. The molecule has 2 amide bonds. The van der Waals surface area contributed by atoms with Gasteiger partial charge in [0.2, 0.25) is 11.8 Å². The van der Waals surface area contributed by atoms with Crippen molar-refractivity contribution in [2.24, 2.45) is 11.8 Å². The number of halogens is 1. The van der Waals surface area contributed by atoms with Crippen LogP contribution in [0, 0.1) is 11.8 Å². The van der Waals surface area contributed by atoms with Crippen molar-refractivity contribution < 1.29 is 9.59 Å². The zero-order chi connectivity index (χ0) is 17.7. The topological polar surface area (TPSA) is 52.7 Å². The molecule has 0 aromatic heterocycles. The Hall–Kier alpha value is -1.59. The van der Waals surface area contributed by atoms with Crippen molar-refractivity contribution in [2.75, 3.05) is 38.5 Å². The number of likely N-dealkylation sites (N-methyl/N-ethyl adjacent to an activating group) is 1. The Morgan fingerprint density at radius 2 is 1.88 bits per heavy atom. The molecule has 5 nitrogen and oxygen atoms in total. The molecule has 1 aromatic rings. The van der Waals surface area contributed by atoms with Crippen LogP contribution in [0.15, 0.2) is 24.3 Å². The predicted octanol–water partition coefficient (Wildman–Crippen LogP) is 2.71. The van der Waals surface area contributed by atoms with Crippen molar-refractivity contribution in [2.45, 2.75) is 20.3 Å². The predicted molar refractivity (Wildman–Crippen MR) is 97.1 cm³/mol. The lowest BCUT2D eigenvalue weighted by molar-refractivity contribution is -0.134. The van der Waals surface area contributed by atoms with Crippen molar-refractivity contribution in [3.63, 3.8) is 0 Å². The molecular formula is C18H26ClN3O2. The molecule has 0 aliphatic carbocycles. The summed E-state index contributed by atoms with van der Waals surface area (Å²) in [5.41, 5.74) is 0.559. The Balaban J connectivity index is 1.82. The average molecular weight is 352 g/mol. The first-order valence-electron chi connectivity index (χ1n) is 8.36. The van der Waals surface area contributed by atoms with E-state index in [1.807, 2.05) is 0 Å². The molecule has 1 saturated heterocycles. The number of rotatable bonds is 5. The summed E-state index contributed by atoms with van der Waals surface area (Å²) in [5.74, 6) is 0.927. The lowest BCUT2D eigenvalue weighted by atomic mass is 9.92. The number of nitrogens with one attached hydrogen (secondary N) is 1. The Labute approximate surface area is 149 Å². The zero-order valence-corrected chi connectivity index (χ0v) is 15.3. The molecule has 0 spiro atoms. The zero-order valence-electron chi connectivity index (χ0n) is 14.6. The van der Waals surface area contributed by atoms with Gasteiger partial charge in [-0.2, -0.15) is 0 Å². The van der Waals surface area contributed by atoms with Gasteiger partial charge in [0, 0.05) is 20.1 Å². The molecule has 0 bridgehead atoms. The number of para-hydroxylation sites is 1. The number of hydrogen-bond acceptors (Lipinski definition) is 3. The second kappa shape index (κ2) is 8.49. The van der Waals surface area contributed by atoms with Crippen molar-refractivity contribution in [1.82, 2.24) is 9.80 Å². The van der Waals surface area contributed by atoms with E-state index in [4.69, 9.17) is 11.6 Å². The van der Waals surface area contributed by atoms with Gasteiger partial charge in [-0.1, -0.05) is 37.6 Å². The first-order valence-corrected chi connectivity index (χ1v) is 8.73. The molecule has 2 rings (SSSR count). The summed E-state index contributed by atoms with van der Waals surface area (Å²) in [5, 5.41) is 3.22. The average Bonchev–Trinajstić information content (AvgIpc) is 2.48. The first-order chi connectivity index (χ1) is 11.3. The van der Waals surface area contributed by atoms with Crippen LogP contribution >= 0.6 is 11.6 Å². The Morgan fingerprint density at radius 3 is 2.50 bits per heavy atom. The molecule has 1 aromatic carbocycles. The number of carbonyl (C=O) groups is 2. The van der Waals surface area contributed by atoms with E-state index in [0.717, 1.165) is 13.1 Å². The summed E-state index contributed by atoms with van der Waals surface area (Å²) < 4.78 is 0. The van der Waals surface area contributed by atoms with Crippen LogP contribution in [0.1, 0.15) is 20.3 Å². The highest BCUT2D eigenvalue weighted by atomic mass is 35.5. The molecular weight excluding hydrogens is 326 g/mol. The van der Waals surface area contributed by atoms with Gasteiger partial charge in [0.1, 0.15) is 0 Å². The maximum Gasteiger partial charge on any atom is 0.244 e. The van der Waals surface area contributed by atoms with E-state index >= 15 is 0 Å². The molecule has 2 unspecified atom stereocenters. The number of amides is 2. The quantitative estimate of drug-likeness (QED) is 0.887. The van der Waals surface area contributed by atoms with Crippen LogP contribution in [0.3, 0.4) is 0 Å². The Morgan fingerprint density at radius 1 is 1.25 bits per heavy atom. The third-order valence-corrected chi connectivity index (χ3v) is 4.59. The molecule has 1 aliphatic rings. The highest BCUT2D eigenvalue weighted by Gasteiger charge is 2.24. The van der Waals surface area contributed by atoms with Crippen LogP contribution in [0.25, 0.3) is 0 Å². The van der Waals surface area contributed by atoms with Crippen molar-refractivity contribution in [3.8, 4) is 0 Å². The SMILES string of the molecule is CC1CC(C)CN(CC(=O)N(C)CC(=O)Nc2ccccc2Cl)C1. The minimum absolute atomic E-state index is 0.0169. The van der Waals surface area contributed by atoms with Crippen LogP contribution < -0.4 is 5.32 Å². The number of likely N-dealkylation sites (tertiary alicyclic amines) is 1. The number of benzene rings is 1. The van der Waals surface area contributed by atoms with Crippen molar-refractivity contribution in [1.29, 1.82) is 0 Å². The van der Waals surface area contributed by atoms with Gasteiger partial charge in [-0.15, -0.1) is 0 Å². The van der Waals surface area contributed by atoms with Gasteiger partial charge in [-0.25, -0.2) is 0 Å². The number of piperidine rings is 1. The number of anilines is 1. The van der Waals surface area contributed by atoms with Crippen LogP contribution in [-0.4, -0.2) is 54.8 Å². The van der Waals surface area contributed by atoms with Crippen LogP contribution in [0.5, 0.6) is 0 Å². The maximum atomic E-state index is 12.4. The summed E-state index contributed by atoms with van der Waals surface area (Å²) in [6.07, 6.45) is 1.21. The third-order valence-electron chi connectivity index (χ3n) is 4.26. The minimum atomic E-state index is -0.251. The second-order valence-corrected chi connectivity index (χ2v) is 7.33. The first kappa shape index (κ1) is 18.7. The standard InChI is InChI=1S/C18H26ClN3O2/c1-13-8-14(2)10-22(9-13)12-18(24)21(3)11-17(23)20-16-7-5-4-6-15(16)19/h4-7,13-14H,8-12H2,1-3H3,(H,20,23). The van der Waals surface area contributed by atoms with Crippen molar-refractivity contribution in [3.05, 3.63) is 29.3 Å². The van der Waals surface area contributed by atoms with Gasteiger partial charge in [0.25, 0.3) is 0 Å². The van der Waals surface area contributed by atoms with E-state index < -0.39 is 0 Å². The second-order valence-electron chi connectivity index (χ2n) is 6.92. The molecule has 0 radical (unpaired) electrons. The van der Waals surface area contributed by atoms with E-state index in [2.05, 4.69) is 24.1 Å². The van der Waals surface area contributed by atoms with Gasteiger partial charge in [0.05, 0.1) is 23.8 Å². The molecule has 2 atom stereocenters. The third kappa shape index (κ3) is 5.49. The van der Waals surface area contributed by atoms with E-state index in [0.29, 0.717) is 29.1 Å². The minimum Gasteiger partial charge on any atom is -0.335 e. The molecule has 0 saturated carbocycles. The van der Waals surface area contributed by atoms with E-state index in [1.54, 1.807) is 31.3 Å². The summed E-state index contributed by atoms with van der Waals surface area (Å²) in [6.45, 7) is 6.70. The molecule has 132 valence electrons. The Bertz CT molecular complexity index is 583. The van der Waals surface area contributed by atoms with Gasteiger partial charge in [0.15, 0.2) is 0 Å². The van der Waals surface area contributed by atoms with Crippen LogP contribution in [0.2, 0.25) is 5.02 Å². The number of carbonyl (C=O) groups excluding carboxylic acids is 2. The molecule has 24 heavy (non-hydrogen) atoms. The fourth-order valence-electron chi connectivity index (χ4n) is 3.29. The van der Waals surface area contributed by atoms with Gasteiger partial charge >= 0.3 is 0 Å². The number of hydrogen-bond donors (Lipinski definition) is 1. The van der Waals surface area contributed by atoms with E-state index in [1.165, 1.54) is 11.3 Å². The monoisotopic (exact) mass is 351 g/mol. The molecule has 6 heteroatoms. The lowest BCUT2D eigenvalue weighted by Gasteiger charge is -2.35. The van der Waals surface area contributed by atoms with Gasteiger partial charge < -0.3 is 10.2 Å². The highest BCUT2D eigenvalue weighted by molar-refractivity contribution is 6.33. The molecule has 1 fully saturated rings. The number of nitrogens with zero attached hydrogens (tertiary/aromatic N) is 2. The van der Waals surface area contributed by atoms with Crippen LogP contribution in [0.4, 0.5) is 5.69 Å². The Kier molecular flexibility index (Phi) is 6.63. The molecule has 1 heterocycles.